The molecule has 1 aromatic heterocycles. The largest absolute Gasteiger partial charge is 0.497 e. The number of ketones is 1. The van der Waals surface area contributed by atoms with Gasteiger partial charge in [0.15, 0.2) is 5.78 Å². The van der Waals surface area contributed by atoms with Gasteiger partial charge in [-0.25, -0.2) is 0 Å². The van der Waals surface area contributed by atoms with Crippen molar-refractivity contribution < 1.29 is 14.3 Å². The number of ether oxygens (including phenoxy) is 2. The third-order valence-electron chi connectivity index (χ3n) is 7.73. The first-order chi connectivity index (χ1) is 17.6. The molecule has 2 fully saturated rings. The minimum Gasteiger partial charge on any atom is -0.497 e. The van der Waals surface area contributed by atoms with Gasteiger partial charge in [-0.1, -0.05) is 19.3 Å². The van der Waals surface area contributed by atoms with Crippen molar-refractivity contribution >= 4 is 27.2 Å². The fourth-order valence-electron chi connectivity index (χ4n) is 5.51. The maximum atomic E-state index is 13.8. The number of piperazine rings is 1. The molecule has 0 amide bonds. The van der Waals surface area contributed by atoms with Crippen molar-refractivity contribution in [2.24, 2.45) is 0 Å². The number of carbonyl (C=O) groups excluding carboxylic acids is 1. The second-order valence-electron chi connectivity index (χ2n) is 10.2. The number of hydrogen-bond donors (Lipinski definition) is 0. The van der Waals surface area contributed by atoms with E-state index in [2.05, 4.69) is 29.0 Å². The van der Waals surface area contributed by atoms with Gasteiger partial charge in [0.05, 0.1) is 13.7 Å². The van der Waals surface area contributed by atoms with Crippen LogP contribution in [0.15, 0.2) is 42.5 Å². The van der Waals surface area contributed by atoms with Crippen molar-refractivity contribution in [3.05, 3.63) is 58.5 Å². The van der Waals surface area contributed by atoms with Gasteiger partial charge < -0.3 is 19.3 Å². The molecule has 0 bridgehead atoms. The van der Waals surface area contributed by atoms with Gasteiger partial charge in [0.1, 0.15) is 11.5 Å². The van der Waals surface area contributed by atoms with Gasteiger partial charge >= 0.3 is 0 Å². The van der Waals surface area contributed by atoms with E-state index >= 15 is 0 Å². The van der Waals surface area contributed by atoms with Crippen LogP contribution in [0.2, 0.25) is 0 Å². The lowest BCUT2D eigenvalue weighted by Crippen LogP contribution is -2.44. The molecule has 2 aromatic carbocycles. The predicted molar refractivity (Wildman–Crippen MR) is 148 cm³/mol. The summed E-state index contributed by atoms with van der Waals surface area (Å²) in [5.74, 6) is 2.27. The van der Waals surface area contributed by atoms with Crippen molar-refractivity contribution in [3.63, 3.8) is 0 Å². The molecule has 36 heavy (non-hydrogen) atoms. The molecule has 1 saturated carbocycles. The Hall–Kier alpha value is -2.41. The standard InChI is InChI=1S/C30H38N2O3S/c1-31-16-18-32(19-17-31)15-6-20-35-24-11-9-22(10-12-24)29(33)28-26-14-13-25(34-2)21-27(26)36-30(28)23-7-4-3-5-8-23/h9-14,21,23H,3-8,15-20H2,1-2H3. The topological polar surface area (TPSA) is 42.0 Å². The normalized spacial score (nSPS) is 17.9. The molecule has 0 unspecified atom stereocenters. The van der Waals surface area contributed by atoms with Crippen LogP contribution in [0.5, 0.6) is 11.5 Å². The van der Waals surface area contributed by atoms with Gasteiger partial charge in [-0.15, -0.1) is 11.3 Å². The fourth-order valence-corrected chi connectivity index (χ4v) is 6.90. The number of carbonyl (C=O) groups is 1. The molecule has 192 valence electrons. The van der Waals surface area contributed by atoms with Crippen LogP contribution in [0.1, 0.15) is 65.2 Å². The summed E-state index contributed by atoms with van der Waals surface area (Å²) in [7, 11) is 3.88. The van der Waals surface area contributed by atoms with Crippen LogP contribution in [0.4, 0.5) is 0 Å². The van der Waals surface area contributed by atoms with Crippen molar-refractivity contribution in [2.45, 2.75) is 44.4 Å². The Morgan fingerprint density at radius 3 is 2.42 bits per heavy atom. The van der Waals surface area contributed by atoms with E-state index < -0.39 is 0 Å². The van der Waals surface area contributed by atoms with Gasteiger partial charge in [0, 0.05) is 58.8 Å². The lowest BCUT2D eigenvalue weighted by molar-refractivity contribution is 0.103. The number of nitrogens with zero attached hydrogens (tertiary/aromatic N) is 2. The summed E-state index contributed by atoms with van der Waals surface area (Å²) >= 11 is 1.78. The SMILES string of the molecule is COc1ccc2c(C(=O)c3ccc(OCCCN4CCN(C)CC4)cc3)c(C3CCCCC3)sc2c1. The van der Waals surface area contributed by atoms with E-state index in [1.54, 1.807) is 18.4 Å². The predicted octanol–water partition coefficient (Wildman–Crippen LogP) is 6.20. The zero-order valence-corrected chi connectivity index (χ0v) is 22.4. The number of rotatable bonds is 9. The molecule has 5 nitrogen and oxygen atoms in total. The van der Waals surface area contributed by atoms with Gasteiger partial charge in [-0.3, -0.25) is 4.79 Å². The summed E-state index contributed by atoms with van der Waals surface area (Å²) in [6.45, 7) is 6.34. The summed E-state index contributed by atoms with van der Waals surface area (Å²) in [5, 5.41) is 1.05. The molecule has 1 saturated heterocycles. The molecule has 0 atom stereocenters. The Morgan fingerprint density at radius 2 is 1.69 bits per heavy atom. The number of hydrogen-bond acceptors (Lipinski definition) is 6. The van der Waals surface area contributed by atoms with Crippen molar-refractivity contribution in [2.75, 3.05) is 53.5 Å². The highest BCUT2D eigenvalue weighted by molar-refractivity contribution is 7.19. The highest BCUT2D eigenvalue weighted by Gasteiger charge is 2.27. The van der Waals surface area contributed by atoms with E-state index in [9.17, 15) is 4.79 Å². The first-order valence-electron chi connectivity index (χ1n) is 13.4. The maximum Gasteiger partial charge on any atom is 0.194 e. The molecular formula is C30H38N2O3S. The van der Waals surface area contributed by atoms with Gasteiger partial charge in [-0.2, -0.15) is 0 Å². The van der Waals surface area contributed by atoms with E-state index in [0.29, 0.717) is 12.5 Å². The summed E-state index contributed by atoms with van der Waals surface area (Å²) < 4.78 is 12.6. The first kappa shape index (κ1) is 25.2. The van der Waals surface area contributed by atoms with Crippen LogP contribution in [0, 0.1) is 0 Å². The van der Waals surface area contributed by atoms with Crippen molar-refractivity contribution in [3.8, 4) is 11.5 Å². The van der Waals surface area contributed by atoms with Crippen LogP contribution >= 0.6 is 11.3 Å². The molecule has 2 heterocycles. The molecule has 0 radical (unpaired) electrons. The molecule has 5 rings (SSSR count). The van der Waals surface area contributed by atoms with Gasteiger partial charge in [0.25, 0.3) is 0 Å². The lowest BCUT2D eigenvalue weighted by atomic mass is 9.85. The molecule has 0 spiro atoms. The Balaban J connectivity index is 1.27. The van der Waals surface area contributed by atoms with Gasteiger partial charge in [-0.05, 0) is 74.7 Å². The second-order valence-corrected chi connectivity index (χ2v) is 11.3. The molecule has 2 aliphatic rings. The Kier molecular flexibility index (Phi) is 8.25. The Morgan fingerprint density at radius 1 is 0.972 bits per heavy atom. The molecule has 1 aliphatic carbocycles. The van der Waals surface area contributed by atoms with E-state index in [0.717, 1.165) is 71.9 Å². The van der Waals surface area contributed by atoms with Gasteiger partial charge in [0.2, 0.25) is 0 Å². The Labute approximate surface area is 219 Å². The van der Waals surface area contributed by atoms with Crippen molar-refractivity contribution in [1.82, 2.24) is 9.80 Å². The molecule has 6 heteroatoms. The maximum absolute atomic E-state index is 13.8. The van der Waals surface area contributed by atoms with Crippen LogP contribution in [-0.2, 0) is 0 Å². The van der Waals surface area contributed by atoms with Crippen LogP contribution in [0.25, 0.3) is 10.1 Å². The minimum absolute atomic E-state index is 0.119. The van der Waals surface area contributed by atoms with Crippen LogP contribution < -0.4 is 9.47 Å². The average Bonchev–Trinajstić information content (AvgIpc) is 3.31. The first-order valence-corrected chi connectivity index (χ1v) is 14.2. The molecule has 0 N–H and O–H groups in total. The summed E-state index contributed by atoms with van der Waals surface area (Å²) in [4.78, 5) is 20.0. The lowest BCUT2D eigenvalue weighted by Gasteiger charge is -2.32. The monoisotopic (exact) mass is 506 g/mol. The molecule has 1 aliphatic heterocycles. The quantitative estimate of drug-likeness (QED) is 0.255. The third kappa shape index (κ3) is 5.77. The number of benzene rings is 2. The number of thiophene rings is 1. The zero-order chi connectivity index (χ0) is 24.9. The summed E-state index contributed by atoms with van der Waals surface area (Å²) in [6, 6.07) is 13.8. The molecular weight excluding hydrogens is 468 g/mol. The summed E-state index contributed by atoms with van der Waals surface area (Å²) in [5.41, 5.74) is 1.62. The second kappa shape index (κ2) is 11.8. The van der Waals surface area contributed by atoms with Crippen molar-refractivity contribution in [1.29, 1.82) is 0 Å². The number of likely N-dealkylation sites (N-methyl/N-ethyl adjacent to an activating group) is 1. The smallest absolute Gasteiger partial charge is 0.194 e. The average molecular weight is 507 g/mol. The number of methoxy groups -OCH3 is 1. The molecule has 3 aromatic rings. The minimum atomic E-state index is 0.119. The third-order valence-corrected chi connectivity index (χ3v) is 9.04. The summed E-state index contributed by atoms with van der Waals surface area (Å²) in [6.07, 6.45) is 7.15. The zero-order valence-electron chi connectivity index (χ0n) is 21.6. The highest BCUT2D eigenvalue weighted by atomic mass is 32.1. The van der Waals surface area contributed by atoms with Crippen LogP contribution in [-0.4, -0.2) is 69.1 Å². The fraction of sp³-hybridized carbons (Fsp3) is 0.500. The number of fused-ring (bicyclic) bond motifs is 1. The van der Waals surface area contributed by atoms with E-state index in [1.165, 1.54) is 37.0 Å². The Bertz CT molecular complexity index is 1160. The van der Waals surface area contributed by atoms with E-state index in [-0.39, 0.29) is 5.78 Å². The van der Waals surface area contributed by atoms with Crippen LogP contribution in [0.3, 0.4) is 0 Å². The van der Waals surface area contributed by atoms with E-state index in [1.807, 2.05) is 30.3 Å². The highest BCUT2D eigenvalue weighted by Crippen LogP contribution is 2.44. The van der Waals surface area contributed by atoms with E-state index in [4.69, 9.17) is 9.47 Å².